The molecule has 18 heavy (non-hydrogen) atoms. The van der Waals surface area contributed by atoms with Gasteiger partial charge in [-0.2, -0.15) is 0 Å². The Morgan fingerprint density at radius 1 is 1.28 bits per heavy atom. The number of thiocarbonyl (C=S) groups is 1. The zero-order chi connectivity index (χ0) is 13.0. The fourth-order valence-corrected chi connectivity index (χ4v) is 1.75. The minimum absolute atomic E-state index is 0.218. The van der Waals surface area contributed by atoms with Gasteiger partial charge >= 0.3 is 0 Å². The molecular formula is C13H12N2O2S. The van der Waals surface area contributed by atoms with Gasteiger partial charge in [0.05, 0.1) is 7.11 Å². The first-order valence-corrected chi connectivity index (χ1v) is 5.75. The van der Waals surface area contributed by atoms with Gasteiger partial charge in [-0.05, 0) is 24.4 Å². The number of nitrogens with one attached hydrogen (secondary N) is 2. The highest BCUT2D eigenvalue weighted by atomic mass is 32.1. The first-order chi connectivity index (χ1) is 8.70. The predicted molar refractivity (Wildman–Crippen MR) is 74.0 cm³/mol. The summed E-state index contributed by atoms with van der Waals surface area (Å²) in [5.74, 6) is 0.566. The lowest BCUT2D eigenvalue weighted by molar-refractivity contribution is -0.115. The molecule has 0 aromatic heterocycles. The molecule has 0 unspecified atom stereocenters. The lowest BCUT2D eigenvalue weighted by atomic mass is 10.2. The van der Waals surface area contributed by atoms with Crippen LogP contribution in [-0.4, -0.2) is 18.1 Å². The van der Waals surface area contributed by atoms with Crippen molar-refractivity contribution < 1.29 is 9.53 Å². The van der Waals surface area contributed by atoms with Gasteiger partial charge in [-0.25, -0.2) is 0 Å². The monoisotopic (exact) mass is 260 g/mol. The molecule has 0 bridgehead atoms. The van der Waals surface area contributed by atoms with Crippen molar-refractivity contribution in [3.8, 4) is 5.75 Å². The second-order valence-corrected chi connectivity index (χ2v) is 4.00. The Morgan fingerprint density at radius 3 is 2.72 bits per heavy atom. The average Bonchev–Trinajstić information content (AvgIpc) is 2.68. The second kappa shape index (κ2) is 5.46. The summed E-state index contributed by atoms with van der Waals surface area (Å²) < 4.78 is 5.22. The Morgan fingerprint density at radius 2 is 2.06 bits per heavy atom. The zero-order valence-corrected chi connectivity index (χ0v) is 10.6. The maximum absolute atomic E-state index is 11.4. The molecule has 92 valence electrons. The Labute approximate surface area is 110 Å². The Balaban J connectivity index is 2.14. The van der Waals surface area contributed by atoms with Gasteiger partial charge in [0, 0.05) is 5.56 Å². The molecule has 2 N–H and O–H groups in total. The lowest BCUT2D eigenvalue weighted by Crippen LogP contribution is -2.21. The van der Waals surface area contributed by atoms with E-state index in [9.17, 15) is 4.79 Å². The van der Waals surface area contributed by atoms with Gasteiger partial charge in [0.25, 0.3) is 5.91 Å². The number of ether oxygens (including phenoxy) is 1. The molecule has 1 amide bonds. The van der Waals surface area contributed by atoms with E-state index in [0.717, 1.165) is 11.3 Å². The van der Waals surface area contributed by atoms with Crippen molar-refractivity contribution in [2.45, 2.75) is 0 Å². The van der Waals surface area contributed by atoms with E-state index in [1.165, 1.54) is 0 Å². The van der Waals surface area contributed by atoms with Crippen LogP contribution in [0.15, 0.2) is 42.1 Å². The van der Waals surface area contributed by atoms with Crippen LogP contribution in [0.4, 0.5) is 0 Å². The van der Waals surface area contributed by atoms with Crippen molar-refractivity contribution in [3.63, 3.8) is 0 Å². The number of amides is 1. The largest absolute Gasteiger partial charge is 0.496 e. The number of methoxy groups -OCH3 is 1. The molecule has 5 heteroatoms. The number of benzene rings is 1. The van der Waals surface area contributed by atoms with Crippen LogP contribution in [0.25, 0.3) is 6.08 Å². The Hall–Kier alpha value is -2.14. The first-order valence-electron chi connectivity index (χ1n) is 5.34. The van der Waals surface area contributed by atoms with Gasteiger partial charge < -0.3 is 10.1 Å². The van der Waals surface area contributed by atoms with E-state index < -0.39 is 0 Å². The molecule has 1 aromatic rings. The standard InChI is InChI=1S/C13H12N2O2S/c1-17-11-8-3-2-5-9(11)6-4-7-10-12(16)15-13(18)14-10/h2-8H,1H3,(H2,14,15,16,18). The average molecular weight is 260 g/mol. The van der Waals surface area contributed by atoms with E-state index in [4.69, 9.17) is 17.0 Å². The van der Waals surface area contributed by atoms with Crippen LogP contribution < -0.4 is 15.4 Å². The predicted octanol–water partition coefficient (Wildman–Crippen LogP) is 1.60. The number of carbonyl (C=O) groups is 1. The van der Waals surface area contributed by atoms with Gasteiger partial charge in [0.2, 0.25) is 0 Å². The van der Waals surface area contributed by atoms with Gasteiger partial charge in [-0.3, -0.25) is 10.1 Å². The SMILES string of the molecule is COc1ccccc1C=CC=C1NC(=S)NC1=O. The zero-order valence-electron chi connectivity index (χ0n) is 9.77. The first kappa shape index (κ1) is 12.3. The minimum Gasteiger partial charge on any atom is -0.496 e. The van der Waals surface area contributed by atoms with Crippen LogP contribution in [0.3, 0.4) is 0 Å². The van der Waals surface area contributed by atoms with Crippen molar-refractivity contribution >= 4 is 29.3 Å². The summed E-state index contributed by atoms with van der Waals surface area (Å²) in [6.45, 7) is 0. The molecule has 1 aliphatic rings. The van der Waals surface area contributed by atoms with Crippen LogP contribution in [-0.2, 0) is 4.79 Å². The summed E-state index contributed by atoms with van der Waals surface area (Å²) in [6.07, 6.45) is 5.30. The third-order valence-electron chi connectivity index (χ3n) is 2.40. The van der Waals surface area contributed by atoms with Crippen molar-refractivity contribution in [1.82, 2.24) is 10.6 Å². The summed E-state index contributed by atoms with van der Waals surface area (Å²) in [7, 11) is 1.62. The van der Waals surface area contributed by atoms with E-state index >= 15 is 0 Å². The quantitative estimate of drug-likeness (QED) is 0.640. The van der Waals surface area contributed by atoms with Crippen LogP contribution in [0.5, 0.6) is 5.75 Å². The third-order valence-corrected chi connectivity index (χ3v) is 2.60. The van der Waals surface area contributed by atoms with Gasteiger partial charge in [0.15, 0.2) is 5.11 Å². The molecule has 0 atom stereocenters. The molecule has 0 radical (unpaired) electrons. The minimum atomic E-state index is -0.218. The fraction of sp³-hybridized carbons (Fsp3) is 0.0769. The Kier molecular flexibility index (Phi) is 3.74. The molecule has 0 saturated carbocycles. The highest BCUT2D eigenvalue weighted by Crippen LogP contribution is 2.18. The topological polar surface area (TPSA) is 50.4 Å². The molecule has 1 aromatic carbocycles. The van der Waals surface area contributed by atoms with E-state index in [1.54, 1.807) is 19.3 Å². The summed E-state index contributed by atoms with van der Waals surface area (Å²) >= 11 is 4.83. The summed E-state index contributed by atoms with van der Waals surface area (Å²) in [5.41, 5.74) is 1.38. The van der Waals surface area contributed by atoms with Crippen LogP contribution in [0, 0.1) is 0 Å². The van der Waals surface area contributed by atoms with E-state index in [0.29, 0.717) is 10.8 Å². The van der Waals surface area contributed by atoms with Crippen molar-refractivity contribution in [2.24, 2.45) is 0 Å². The number of carbonyl (C=O) groups excluding carboxylic acids is 1. The molecule has 1 fully saturated rings. The molecule has 0 aliphatic carbocycles. The highest BCUT2D eigenvalue weighted by molar-refractivity contribution is 7.80. The Bertz CT molecular complexity index is 550. The van der Waals surface area contributed by atoms with Crippen molar-refractivity contribution in [2.75, 3.05) is 7.11 Å². The van der Waals surface area contributed by atoms with Crippen LogP contribution >= 0.6 is 12.2 Å². The number of hydrogen-bond acceptors (Lipinski definition) is 3. The normalized spacial score (nSPS) is 17.1. The molecule has 4 nitrogen and oxygen atoms in total. The molecule has 1 aliphatic heterocycles. The van der Waals surface area contributed by atoms with Gasteiger partial charge in [-0.1, -0.05) is 30.4 Å². The summed E-state index contributed by atoms with van der Waals surface area (Å²) in [6, 6.07) is 7.63. The molecule has 1 heterocycles. The van der Waals surface area contributed by atoms with Crippen LogP contribution in [0.1, 0.15) is 5.56 Å². The van der Waals surface area contributed by atoms with Gasteiger partial charge in [-0.15, -0.1) is 0 Å². The molecule has 2 rings (SSSR count). The second-order valence-electron chi connectivity index (χ2n) is 3.59. The molecule has 0 spiro atoms. The summed E-state index contributed by atoms with van der Waals surface area (Å²) in [5, 5.41) is 5.59. The van der Waals surface area contributed by atoms with E-state index in [1.807, 2.05) is 30.3 Å². The lowest BCUT2D eigenvalue weighted by Gasteiger charge is -2.02. The van der Waals surface area contributed by atoms with Crippen LogP contribution in [0.2, 0.25) is 0 Å². The van der Waals surface area contributed by atoms with E-state index in [-0.39, 0.29) is 5.91 Å². The van der Waals surface area contributed by atoms with E-state index in [2.05, 4.69) is 10.6 Å². The fourth-order valence-electron chi connectivity index (χ4n) is 1.55. The number of rotatable bonds is 3. The maximum atomic E-state index is 11.4. The van der Waals surface area contributed by atoms with Crippen molar-refractivity contribution in [1.29, 1.82) is 0 Å². The number of para-hydroxylation sites is 1. The van der Waals surface area contributed by atoms with Crippen molar-refractivity contribution in [3.05, 3.63) is 47.7 Å². The number of hydrogen-bond donors (Lipinski definition) is 2. The molecule has 1 saturated heterocycles. The molecular weight excluding hydrogens is 248 g/mol. The third kappa shape index (κ3) is 2.75. The maximum Gasteiger partial charge on any atom is 0.273 e. The van der Waals surface area contributed by atoms with Gasteiger partial charge in [0.1, 0.15) is 11.4 Å². The highest BCUT2D eigenvalue weighted by Gasteiger charge is 2.18. The smallest absolute Gasteiger partial charge is 0.273 e. The number of allylic oxidation sites excluding steroid dienone is 2. The summed E-state index contributed by atoms with van der Waals surface area (Å²) in [4.78, 5) is 11.4.